The van der Waals surface area contributed by atoms with Gasteiger partial charge in [0, 0.05) is 31.7 Å². The van der Waals surface area contributed by atoms with Crippen molar-refractivity contribution in [1.29, 1.82) is 0 Å². The molecule has 0 radical (unpaired) electrons. The number of nitrogens with one attached hydrogen (secondary N) is 1. The second kappa shape index (κ2) is 7.45. The Bertz CT molecular complexity index is 744. The predicted molar refractivity (Wildman–Crippen MR) is 98.3 cm³/mol. The lowest BCUT2D eigenvalue weighted by Crippen LogP contribution is -2.49. The summed E-state index contributed by atoms with van der Waals surface area (Å²) in [6, 6.07) is 8.15. The number of hydrogen-bond donors (Lipinski definition) is 1. The zero-order valence-electron chi connectivity index (χ0n) is 15.1. The van der Waals surface area contributed by atoms with Crippen LogP contribution in [0.2, 0.25) is 0 Å². The van der Waals surface area contributed by atoms with E-state index in [4.69, 9.17) is 4.63 Å². The van der Waals surface area contributed by atoms with Crippen LogP contribution in [0.4, 0.5) is 5.82 Å². The second-order valence-electron chi connectivity index (χ2n) is 7.21. The minimum atomic E-state index is 0.105. The number of anilines is 1. The van der Waals surface area contributed by atoms with E-state index in [1.807, 2.05) is 24.0 Å². The van der Waals surface area contributed by atoms with Crippen molar-refractivity contribution in [2.24, 2.45) is 5.92 Å². The second-order valence-corrected chi connectivity index (χ2v) is 7.21. The SMILES string of the molecule is Cc1nonc1N1CCN(C(=O)c2ccc(CC3CCNC3)cc2)CC1. The molecule has 2 aliphatic heterocycles. The summed E-state index contributed by atoms with van der Waals surface area (Å²) in [5.74, 6) is 1.61. The van der Waals surface area contributed by atoms with Gasteiger partial charge in [0.05, 0.1) is 0 Å². The van der Waals surface area contributed by atoms with Gasteiger partial charge in [-0.05, 0) is 61.6 Å². The topological polar surface area (TPSA) is 74.5 Å². The minimum Gasteiger partial charge on any atom is -0.349 e. The highest BCUT2D eigenvalue weighted by Crippen LogP contribution is 2.19. The molecule has 3 heterocycles. The first kappa shape index (κ1) is 17.0. The van der Waals surface area contributed by atoms with Gasteiger partial charge >= 0.3 is 0 Å². The van der Waals surface area contributed by atoms with Crippen molar-refractivity contribution in [2.45, 2.75) is 19.8 Å². The van der Waals surface area contributed by atoms with E-state index in [-0.39, 0.29) is 5.91 Å². The number of piperazine rings is 1. The first-order valence-corrected chi connectivity index (χ1v) is 9.34. The zero-order valence-corrected chi connectivity index (χ0v) is 15.1. The number of rotatable bonds is 4. The van der Waals surface area contributed by atoms with Crippen molar-refractivity contribution in [3.8, 4) is 0 Å². The van der Waals surface area contributed by atoms with Gasteiger partial charge in [-0.2, -0.15) is 0 Å². The molecule has 1 atom stereocenters. The summed E-state index contributed by atoms with van der Waals surface area (Å²) in [5.41, 5.74) is 2.87. The Balaban J connectivity index is 1.33. The number of benzene rings is 1. The number of carbonyl (C=O) groups is 1. The first-order valence-electron chi connectivity index (χ1n) is 9.34. The van der Waals surface area contributed by atoms with Crippen LogP contribution in [0.25, 0.3) is 0 Å². The van der Waals surface area contributed by atoms with Crippen LogP contribution < -0.4 is 10.2 Å². The normalized spacial score (nSPS) is 20.6. The molecule has 7 heteroatoms. The van der Waals surface area contributed by atoms with Gasteiger partial charge in [0.25, 0.3) is 5.91 Å². The van der Waals surface area contributed by atoms with Crippen LogP contribution in [0.3, 0.4) is 0 Å². The molecule has 2 aromatic rings. The van der Waals surface area contributed by atoms with E-state index in [2.05, 4.69) is 32.7 Å². The molecule has 7 nitrogen and oxygen atoms in total. The van der Waals surface area contributed by atoms with Gasteiger partial charge in [-0.3, -0.25) is 4.79 Å². The summed E-state index contributed by atoms with van der Waals surface area (Å²) in [5, 5.41) is 11.2. The van der Waals surface area contributed by atoms with Crippen LogP contribution in [0.15, 0.2) is 28.9 Å². The zero-order chi connectivity index (χ0) is 17.9. The van der Waals surface area contributed by atoms with Gasteiger partial charge in [0.1, 0.15) is 5.69 Å². The molecule has 0 spiro atoms. The van der Waals surface area contributed by atoms with Gasteiger partial charge in [0.2, 0.25) is 0 Å². The highest BCUT2D eigenvalue weighted by molar-refractivity contribution is 5.94. The Morgan fingerprint density at radius 2 is 1.96 bits per heavy atom. The maximum absolute atomic E-state index is 12.8. The molecule has 0 bridgehead atoms. The molecule has 2 fully saturated rings. The third kappa shape index (κ3) is 3.58. The highest BCUT2D eigenvalue weighted by Gasteiger charge is 2.25. The van der Waals surface area contributed by atoms with Gasteiger partial charge in [-0.25, -0.2) is 4.63 Å². The molecule has 2 saturated heterocycles. The van der Waals surface area contributed by atoms with Gasteiger partial charge < -0.3 is 15.1 Å². The van der Waals surface area contributed by atoms with Crippen molar-refractivity contribution in [3.63, 3.8) is 0 Å². The molecule has 1 amide bonds. The number of aromatic nitrogens is 2. The number of amides is 1. The predicted octanol–water partition coefficient (Wildman–Crippen LogP) is 1.49. The maximum Gasteiger partial charge on any atom is 0.253 e. The summed E-state index contributed by atoms with van der Waals surface area (Å²) in [6.07, 6.45) is 2.33. The van der Waals surface area contributed by atoms with Gasteiger partial charge in [0.15, 0.2) is 5.82 Å². The van der Waals surface area contributed by atoms with Crippen molar-refractivity contribution >= 4 is 11.7 Å². The largest absolute Gasteiger partial charge is 0.349 e. The number of carbonyl (C=O) groups excluding carboxylic acids is 1. The number of nitrogens with zero attached hydrogens (tertiary/aromatic N) is 4. The van der Waals surface area contributed by atoms with Crippen molar-refractivity contribution in [3.05, 3.63) is 41.1 Å². The Hall–Kier alpha value is -2.41. The fourth-order valence-corrected chi connectivity index (χ4v) is 3.82. The molecule has 1 aromatic carbocycles. The van der Waals surface area contributed by atoms with E-state index in [0.29, 0.717) is 13.1 Å². The molecule has 0 aliphatic carbocycles. The molecule has 1 N–H and O–H groups in total. The third-order valence-electron chi connectivity index (χ3n) is 5.38. The Morgan fingerprint density at radius 3 is 2.58 bits per heavy atom. The minimum absolute atomic E-state index is 0.105. The van der Waals surface area contributed by atoms with E-state index in [9.17, 15) is 4.79 Å². The van der Waals surface area contributed by atoms with Crippen LogP contribution in [0.1, 0.15) is 28.0 Å². The Kier molecular flexibility index (Phi) is 4.88. The molecule has 0 saturated carbocycles. The third-order valence-corrected chi connectivity index (χ3v) is 5.38. The van der Waals surface area contributed by atoms with Gasteiger partial charge in [-0.15, -0.1) is 0 Å². The van der Waals surface area contributed by atoms with Crippen LogP contribution in [0.5, 0.6) is 0 Å². The summed E-state index contributed by atoms with van der Waals surface area (Å²) >= 11 is 0. The maximum atomic E-state index is 12.8. The monoisotopic (exact) mass is 355 g/mol. The van der Waals surface area contributed by atoms with Crippen LogP contribution in [0, 0.1) is 12.8 Å². The lowest BCUT2D eigenvalue weighted by molar-refractivity contribution is 0.0746. The standard InChI is InChI=1S/C19H25N5O2/c1-14-18(22-26-21-14)23-8-10-24(11-9-23)19(25)17-4-2-15(3-5-17)12-16-6-7-20-13-16/h2-5,16,20H,6-13H2,1H3. The number of hydrogen-bond acceptors (Lipinski definition) is 6. The van der Waals surface area contributed by atoms with E-state index in [1.165, 1.54) is 12.0 Å². The molecule has 1 aromatic heterocycles. The average molecular weight is 355 g/mol. The van der Waals surface area contributed by atoms with Gasteiger partial charge in [-0.1, -0.05) is 17.3 Å². The van der Waals surface area contributed by atoms with Crippen LogP contribution in [-0.4, -0.2) is 60.4 Å². The van der Waals surface area contributed by atoms with E-state index >= 15 is 0 Å². The van der Waals surface area contributed by atoms with Crippen molar-refractivity contribution in [1.82, 2.24) is 20.5 Å². The fourth-order valence-electron chi connectivity index (χ4n) is 3.82. The summed E-state index contributed by atoms with van der Waals surface area (Å²) in [4.78, 5) is 16.8. The van der Waals surface area contributed by atoms with Crippen molar-refractivity contribution < 1.29 is 9.42 Å². The first-order chi connectivity index (χ1) is 12.7. The molecule has 2 aliphatic rings. The summed E-state index contributed by atoms with van der Waals surface area (Å²) in [6.45, 7) is 6.96. The molecular formula is C19H25N5O2. The number of aryl methyl sites for hydroxylation is 1. The van der Waals surface area contributed by atoms with E-state index in [1.54, 1.807) is 0 Å². The quantitative estimate of drug-likeness (QED) is 0.896. The van der Waals surface area contributed by atoms with Crippen LogP contribution >= 0.6 is 0 Å². The molecular weight excluding hydrogens is 330 g/mol. The Labute approximate surface area is 153 Å². The highest BCUT2D eigenvalue weighted by atomic mass is 16.6. The summed E-state index contributed by atoms with van der Waals surface area (Å²) < 4.78 is 4.77. The van der Waals surface area contributed by atoms with E-state index < -0.39 is 0 Å². The summed E-state index contributed by atoms with van der Waals surface area (Å²) in [7, 11) is 0. The Morgan fingerprint density at radius 1 is 1.19 bits per heavy atom. The molecule has 4 rings (SSSR count). The molecule has 138 valence electrons. The van der Waals surface area contributed by atoms with E-state index in [0.717, 1.165) is 55.6 Å². The van der Waals surface area contributed by atoms with Crippen molar-refractivity contribution in [2.75, 3.05) is 44.2 Å². The average Bonchev–Trinajstić information content (AvgIpc) is 3.34. The molecule has 26 heavy (non-hydrogen) atoms. The fraction of sp³-hybridized carbons (Fsp3) is 0.526. The molecule has 1 unspecified atom stereocenters. The van der Waals surface area contributed by atoms with Crippen LogP contribution in [-0.2, 0) is 6.42 Å². The lowest BCUT2D eigenvalue weighted by Gasteiger charge is -2.34. The smallest absolute Gasteiger partial charge is 0.253 e. The lowest BCUT2D eigenvalue weighted by atomic mass is 9.98.